The molecule has 1 aromatic carbocycles. The molecule has 3 N–H and O–H groups in total. The van der Waals surface area contributed by atoms with Gasteiger partial charge in [0, 0.05) is 29.5 Å². The number of aromatic amines is 1. The molecule has 1 aromatic heterocycles. The average Bonchev–Trinajstić information content (AvgIpc) is 2.95. The van der Waals surface area contributed by atoms with Gasteiger partial charge in [-0.1, -0.05) is 27.2 Å². The van der Waals surface area contributed by atoms with E-state index in [9.17, 15) is 9.59 Å². The predicted octanol–water partition coefficient (Wildman–Crippen LogP) is 3.90. The second-order valence-corrected chi connectivity index (χ2v) is 9.12. The monoisotopic (exact) mass is 389 g/mol. The molecule has 0 spiro atoms. The van der Waals surface area contributed by atoms with Gasteiger partial charge in [-0.25, -0.2) is 4.79 Å². The number of hydrogen-bond acceptors (Lipinski definition) is 4. The first-order valence-corrected chi connectivity index (χ1v) is 11.1. The summed E-state index contributed by atoms with van der Waals surface area (Å²) in [7, 11) is 0. The summed E-state index contributed by atoms with van der Waals surface area (Å²) in [5.41, 5.74) is 7.60. The van der Waals surface area contributed by atoms with Crippen LogP contribution in [0.15, 0.2) is 21.8 Å². The van der Waals surface area contributed by atoms with Crippen molar-refractivity contribution < 1.29 is 4.79 Å². The van der Waals surface area contributed by atoms with Crippen molar-refractivity contribution in [1.29, 1.82) is 0 Å². The van der Waals surface area contributed by atoms with Crippen molar-refractivity contribution in [2.75, 3.05) is 12.8 Å². The minimum atomic E-state index is -0.194. The Bertz CT molecular complexity index is 883. The fraction of sp³-hybridized carbons (Fsp3) is 0.619. The van der Waals surface area contributed by atoms with E-state index >= 15 is 0 Å². The van der Waals surface area contributed by atoms with E-state index < -0.39 is 0 Å². The van der Waals surface area contributed by atoms with Crippen LogP contribution in [0.5, 0.6) is 0 Å². The minimum absolute atomic E-state index is 0.0235. The van der Waals surface area contributed by atoms with Crippen molar-refractivity contribution in [3.05, 3.63) is 28.2 Å². The third kappa shape index (κ3) is 3.87. The van der Waals surface area contributed by atoms with Crippen LogP contribution in [-0.2, 0) is 6.54 Å². The highest BCUT2D eigenvalue weighted by Gasteiger charge is 2.36. The number of nitrogens with zero attached hydrogens (tertiary/aromatic N) is 1. The Kier molecular flexibility index (Phi) is 6.16. The number of nitrogens with two attached hydrogens (primary N) is 1. The number of nitrogens with one attached hydrogen (secondary N) is 1. The molecule has 5 nitrogen and oxygen atoms in total. The number of H-pyrrole nitrogens is 1. The van der Waals surface area contributed by atoms with Gasteiger partial charge in [-0.2, -0.15) is 0 Å². The van der Waals surface area contributed by atoms with Crippen molar-refractivity contribution >= 4 is 28.6 Å². The summed E-state index contributed by atoms with van der Waals surface area (Å²) in [4.78, 5) is 30.0. The normalized spacial score (nSPS) is 23.3. The van der Waals surface area contributed by atoms with Gasteiger partial charge >= 0.3 is 5.69 Å². The molecular formula is C21H31N3O2S. The Morgan fingerprint density at radius 3 is 2.74 bits per heavy atom. The topological polar surface area (TPSA) is 80.9 Å². The fourth-order valence-corrected chi connectivity index (χ4v) is 5.06. The second kappa shape index (κ2) is 8.23. The van der Waals surface area contributed by atoms with E-state index in [1.165, 1.54) is 6.42 Å². The summed E-state index contributed by atoms with van der Waals surface area (Å²) < 4.78 is 1.65. The van der Waals surface area contributed by atoms with Gasteiger partial charge in [-0.3, -0.25) is 9.36 Å². The summed E-state index contributed by atoms with van der Waals surface area (Å²) in [5.74, 6) is 1.65. The molecule has 3 unspecified atom stereocenters. The molecule has 3 rings (SSSR count). The number of carbonyl (C=O) groups is 1. The molecular weight excluding hydrogens is 358 g/mol. The van der Waals surface area contributed by atoms with Crippen LogP contribution < -0.4 is 11.4 Å². The fourth-order valence-electron chi connectivity index (χ4n) is 4.60. The molecule has 27 heavy (non-hydrogen) atoms. The number of carbonyl (C=O) groups excluding carboxylic acids is 1. The van der Waals surface area contributed by atoms with E-state index in [2.05, 4.69) is 25.8 Å². The average molecular weight is 390 g/mol. The van der Waals surface area contributed by atoms with Crippen LogP contribution in [0.25, 0.3) is 11.0 Å². The standard InChI is InChI=1S/C21H31N3O2S/c1-12(2)15-6-5-13(3)9-16(15)20(25)17-10-14(27-4)11-18-19(17)23-21(26)24(18)8-7-22/h10-13,15-16H,5-9,22H2,1-4H3,(H,23,26). The van der Waals surface area contributed by atoms with Crippen molar-refractivity contribution in [2.24, 2.45) is 29.4 Å². The molecule has 148 valence electrons. The number of Topliss-reactive ketones (excluding diaryl/α,β-unsaturated/α-hetero) is 1. The Morgan fingerprint density at radius 1 is 1.37 bits per heavy atom. The number of rotatable bonds is 6. The molecule has 0 amide bonds. The molecule has 6 heteroatoms. The van der Waals surface area contributed by atoms with Gasteiger partial charge in [0.2, 0.25) is 0 Å². The lowest BCUT2D eigenvalue weighted by atomic mass is 9.67. The van der Waals surface area contributed by atoms with E-state index in [1.54, 1.807) is 16.3 Å². The molecule has 1 heterocycles. The molecule has 1 fully saturated rings. The molecule has 1 saturated carbocycles. The van der Waals surface area contributed by atoms with Gasteiger partial charge in [-0.05, 0) is 49.0 Å². The summed E-state index contributed by atoms with van der Waals surface area (Å²) in [6, 6.07) is 3.93. The molecule has 0 radical (unpaired) electrons. The summed E-state index contributed by atoms with van der Waals surface area (Å²) in [6.07, 6.45) is 5.22. The number of hydrogen-bond donors (Lipinski definition) is 2. The van der Waals surface area contributed by atoms with E-state index in [-0.39, 0.29) is 17.4 Å². The van der Waals surface area contributed by atoms with Crippen LogP contribution in [0.3, 0.4) is 0 Å². The lowest BCUT2D eigenvalue weighted by Crippen LogP contribution is -2.33. The molecule has 3 atom stereocenters. The van der Waals surface area contributed by atoms with Crippen molar-refractivity contribution in [3.63, 3.8) is 0 Å². The molecule has 0 bridgehead atoms. The molecule has 2 aromatic rings. The highest BCUT2D eigenvalue weighted by atomic mass is 32.2. The van der Waals surface area contributed by atoms with Crippen LogP contribution in [0.1, 0.15) is 50.4 Å². The first kappa shape index (κ1) is 20.2. The molecule has 0 aliphatic heterocycles. The lowest BCUT2D eigenvalue weighted by Gasteiger charge is -2.36. The number of fused-ring (bicyclic) bond motifs is 1. The maximum Gasteiger partial charge on any atom is 0.326 e. The Balaban J connectivity index is 2.13. The zero-order chi connectivity index (χ0) is 19.7. The number of imidazole rings is 1. The Labute approximate surface area is 165 Å². The van der Waals surface area contributed by atoms with Crippen molar-refractivity contribution in [2.45, 2.75) is 51.5 Å². The first-order chi connectivity index (χ1) is 12.9. The largest absolute Gasteiger partial charge is 0.329 e. The summed E-state index contributed by atoms with van der Waals surface area (Å²) in [6.45, 7) is 7.50. The molecule has 0 saturated heterocycles. The summed E-state index contributed by atoms with van der Waals surface area (Å²) in [5, 5.41) is 0. The van der Waals surface area contributed by atoms with Crippen LogP contribution in [0.2, 0.25) is 0 Å². The Morgan fingerprint density at radius 2 is 2.11 bits per heavy atom. The van der Waals surface area contributed by atoms with Gasteiger partial charge in [0.1, 0.15) is 0 Å². The number of thioether (sulfide) groups is 1. The molecule has 1 aliphatic carbocycles. The zero-order valence-electron chi connectivity index (χ0n) is 16.7. The number of ketones is 1. The second-order valence-electron chi connectivity index (χ2n) is 8.24. The number of aromatic nitrogens is 2. The van der Waals surface area contributed by atoms with Crippen molar-refractivity contribution in [3.8, 4) is 0 Å². The smallest absolute Gasteiger partial charge is 0.326 e. The van der Waals surface area contributed by atoms with Crippen molar-refractivity contribution in [1.82, 2.24) is 9.55 Å². The van der Waals surface area contributed by atoms with E-state index in [1.807, 2.05) is 18.4 Å². The van der Waals surface area contributed by atoms with Gasteiger partial charge in [-0.15, -0.1) is 11.8 Å². The van der Waals surface area contributed by atoms with Crippen LogP contribution in [-0.4, -0.2) is 28.1 Å². The molecule has 1 aliphatic rings. The third-order valence-electron chi connectivity index (χ3n) is 6.07. The Hall–Kier alpha value is -1.53. The van der Waals surface area contributed by atoms with E-state index in [0.717, 1.165) is 23.3 Å². The maximum atomic E-state index is 13.7. The minimum Gasteiger partial charge on any atom is -0.329 e. The predicted molar refractivity (Wildman–Crippen MR) is 113 cm³/mol. The van der Waals surface area contributed by atoms with Gasteiger partial charge in [0.05, 0.1) is 11.0 Å². The maximum absolute atomic E-state index is 13.7. The van der Waals surface area contributed by atoms with E-state index in [0.29, 0.717) is 41.9 Å². The van der Waals surface area contributed by atoms with Gasteiger partial charge < -0.3 is 10.7 Å². The highest BCUT2D eigenvalue weighted by Crippen LogP contribution is 2.40. The third-order valence-corrected chi connectivity index (χ3v) is 6.78. The SMILES string of the molecule is CSc1cc(C(=O)C2CC(C)CCC2C(C)C)c2[nH]c(=O)n(CCN)c2c1. The van der Waals surface area contributed by atoms with E-state index in [4.69, 9.17) is 5.73 Å². The first-order valence-electron chi connectivity index (χ1n) is 9.92. The van der Waals surface area contributed by atoms with Crippen LogP contribution >= 0.6 is 11.8 Å². The summed E-state index contributed by atoms with van der Waals surface area (Å²) >= 11 is 1.59. The zero-order valence-corrected chi connectivity index (χ0v) is 17.6. The van der Waals surface area contributed by atoms with Crippen LogP contribution in [0.4, 0.5) is 0 Å². The number of benzene rings is 1. The highest BCUT2D eigenvalue weighted by molar-refractivity contribution is 7.98. The lowest BCUT2D eigenvalue weighted by molar-refractivity contribution is 0.0725. The van der Waals surface area contributed by atoms with Crippen LogP contribution in [0, 0.1) is 23.7 Å². The quantitative estimate of drug-likeness (QED) is 0.580. The van der Waals surface area contributed by atoms with Gasteiger partial charge in [0.15, 0.2) is 5.78 Å². The van der Waals surface area contributed by atoms with Gasteiger partial charge in [0.25, 0.3) is 0 Å².